The fraction of sp³-hybridized carbons (Fsp3) is 1.00. The van der Waals surface area contributed by atoms with Gasteiger partial charge in [0.2, 0.25) is 0 Å². The summed E-state index contributed by atoms with van der Waals surface area (Å²) in [5.74, 6) is 2.07. The molecule has 1 fully saturated rings. The van der Waals surface area contributed by atoms with Gasteiger partial charge in [0.25, 0.3) is 0 Å². The first-order chi connectivity index (χ1) is 7.35. The van der Waals surface area contributed by atoms with Crippen LogP contribution >= 0.6 is 6.49 Å². The van der Waals surface area contributed by atoms with E-state index in [4.69, 9.17) is 20.9 Å². The average Bonchev–Trinajstić information content (AvgIpc) is 2.16. The van der Waals surface area contributed by atoms with Gasteiger partial charge in [-0.3, -0.25) is 0 Å². The molecule has 1 aliphatic carbocycles. The third-order valence-electron chi connectivity index (χ3n) is 3.62. The Labute approximate surface area is 105 Å². The molecule has 0 radical (unpaired) electrons. The van der Waals surface area contributed by atoms with Crippen molar-refractivity contribution in [1.29, 1.82) is 0 Å². The van der Waals surface area contributed by atoms with Gasteiger partial charge in [0, 0.05) is 13.8 Å². The van der Waals surface area contributed by atoms with Crippen LogP contribution in [0.2, 0.25) is 0 Å². The molecular weight excluding hydrogens is 239 g/mol. The van der Waals surface area contributed by atoms with E-state index in [2.05, 4.69) is 20.8 Å². The quantitative estimate of drug-likeness (QED) is 0.714. The zero-order valence-electron chi connectivity index (χ0n) is 11.1. The lowest BCUT2D eigenvalue weighted by molar-refractivity contribution is 0.0453. The molecule has 0 aromatic carbocycles. The topological polar surface area (TPSA) is 18.5 Å². The van der Waals surface area contributed by atoms with Crippen molar-refractivity contribution in [2.75, 3.05) is 13.8 Å². The van der Waals surface area contributed by atoms with Gasteiger partial charge < -0.3 is 9.05 Å². The van der Waals surface area contributed by atoms with Crippen LogP contribution in [0.15, 0.2) is 0 Å². The van der Waals surface area contributed by atoms with Crippen LogP contribution in [-0.2, 0) is 20.9 Å². The summed E-state index contributed by atoms with van der Waals surface area (Å²) >= 11 is 5.37. The Kier molecular flexibility index (Phi) is 5.44. The number of rotatable bonds is 4. The normalized spacial score (nSPS) is 35.0. The van der Waals surface area contributed by atoms with Gasteiger partial charge in [-0.2, -0.15) is 0 Å². The highest BCUT2D eigenvalue weighted by molar-refractivity contribution is 8.09. The van der Waals surface area contributed by atoms with Crippen LogP contribution in [0.25, 0.3) is 0 Å². The Hall–Kier alpha value is 0.570. The lowest BCUT2D eigenvalue weighted by Crippen LogP contribution is -2.33. The van der Waals surface area contributed by atoms with E-state index in [1.165, 1.54) is 12.8 Å². The molecule has 0 aromatic rings. The van der Waals surface area contributed by atoms with E-state index in [9.17, 15) is 0 Å². The Bertz CT molecular complexity index is 268. The lowest BCUT2D eigenvalue weighted by Gasteiger charge is -2.38. The molecule has 1 rings (SSSR count). The molecular formula is C12H25O2PS. The van der Waals surface area contributed by atoms with Gasteiger partial charge in [0.05, 0.1) is 6.10 Å². The maximum Gasteiger partial charge on any atom is 0.185 e. The summed E-state index contributed by atoms with van der Waals surface area (Å²) in [5, 5.41) is 0. The predicted molar refractivity (Wildman–Crippen MR) is 73.4 cm³/mol. The van der Waals surface area contributed by atoms with Crippen LogP contribution < -0.4 is 0 Å². The van der Waals surface area contributed by atoms with Crippen LogP contribution in [0.4, 0.5) is 0 Å². The molecule has 4 heteroatoms. The molecule has 4 atom stereocenters. The third-order valence-corrected chi connectivity index (χ3v) is 5.64. The van der Waals surface area contributed by atoms with Crippen LogP contribution in [0.1, 0.15) is 40.0 Å². The smallest absolute Gasteiger partial charge is 0.185 e. The maximum atomic E-state index is 6.08. The van der Waals surface area contributed by atoms with Crippen molar-refractivity contribution < 1.29 is 9.05 Å². The lowest BCUT2D eigenvalue weighted by atomic mass is 9.75. The van der Waals surface area contributed by atoms with Crippen molar-refractivity contribution in [3.8, 4) is 0 Å². The summed E-state index contributed by atoms with van der Waals surface area (Å²) in [5.41, 5.74) is 0. The highest BCUT2D eigenvalue weighted by Gasteiger charge is 2.33. The van der Waals surface area contributed by atoms with Gasteiger partial charge in [-0.15, -0.1) is 0 Å². The van der Waals surface area contributed by atoms with Gasteiger partial charge in [-0.05, 0) is 42.4 Å². The van der Waals surface area contributed by atoms with Crippen LogP contribution in [0.5, 0.6) is 0 Å². The molecule has 96 valence electrons. The SMILES string of the molecule is COP(C)(=S)O[C@@H]1C[C@H](C)CC[C@H]1C(C)C. The van der Waals surface area contributed by atoms with Gasteiger partial charge in [-0.1, -0.05) is 27.2 Å². The second-order valence-electron chi connectivity index (χ2n) is 5.42. The molecule has 0 amide bonds. The van der Waals surface area contributed by atoms with Crippen LogP contribution in [0.3, 0.4) is 0 Å². The summed E-state index contributed by atoms with van der Waals surface area (Å²) in [6, 6.07) is 0. The molecule has 0 spiro atoms. The molecule has 0 N–H and O–H groups in total. The average molecular weight is 264 g/mol. The first-order valence-electron chi connectivity index (χ1n) is 6.17. The van der Waals surface area contributed by atoms with Gasteiger partial charge in [0.1, 0.15) is 0 Å². The molecule has 1 saturated carbocycles. The van der Waals surface area contributed by atoms with Gasteiger partial charge >= 0.3 is 0 Å². The summed E-state index contributed by atoms with van der Waals surface area (Å²) in [6.07, 6.45) is 4.03. The zero-order chi connectivity index (χ0) is 12.3. The van der Waals surface area contributed by atoms with Gasteiger partial charge in [-0.25, -0.2) is 0 Å². The Morgan fingerprint density at radius 2 is 1.94 bits per heavy atom. The fourth-order valence-electron chi connectivity index (χ4n) is 2.52. The minimum absolute atomic E-state index is 0.305. The van der Waals surface area contributed by atoms with Crippen molar-refractivity contribution >= 4 is 18.3 Å². The van der Waals surface area contributed by atoms with Crippen LogP contribution in [-0.4, -0.2) is 19.9 Å². The highest BCUT2D eigenvalue weighted by atomic mass is 32.5. The summed E-state index contributed by atoms with van der Waals surface area (Å²) < 4.78 is 11.4. The van der Waals surface area contributed by atoms with E-state index >= 15 is 0 Å². The second-order valence-corrected chi connectivity index (χ2v) is 9.53. The first-order valence-corrected chi connectivity index (χ1v) is 9.26. The Balaban J connectivity index is 2.68. The zero-order valence-corrected chi connectivity index (χ0v) is 12.8. The van der Waals surface area contributed by atoms with Crippen molar-refractivity contribution in [3.63, 3.8) is 0 Å². The van der Waals surface area contributed by atoms with Crippen molar-refractivity contribution in [2.45, 2.75) is 46.1 Å². The van der Waals surface area contributed by atoms with E-state index in [0.717, 1.165) is 12.3 Å². The van der Waals surface area contributed by atoms with Gasteiger partial charge in [0.15, 0.2) is 6.49 Å². The first kappa shape index (κ1) is 14.6. The largest absolute Gasteiger partial charge is 0.333 e. The van der Waals surface area contributed by atoms with Crippen molar-refractivity contribution in [2.24, 2.45) is 17.8 Å². The summed E-state index contributed by atoms with van der Waals surface area (Å²) in [7, 11) is 1.66. The van der Waals surface area contributed by atoms with E-state index in [1.807, 2.05) is 6.66 Å². The second kappa shape index (κ2) is 5.95. The minimum atomic E-state index is -2.01. The molecule has 0 aromatic heterocycles. The molecule has 0 saturated heterocycles. The minimum Gasteiger partial charge on any atom is -0.333 e. The Morgan fingerprint density at radius 3 is 2.44 bits per heavy atom. The summed E-state index contributed by atoms with van der Waals surface area (Å²) in [4.78, 5) is 0. The highest BCUT2D eigenvalue weighted by Crippen LogP contribution is 2.49. The fourth-order valence-corrected chi connectivity index (χ4v) is 3.68. The van der Waals surface area contributed by atoms with Crippen molar-refractivity contribution in [3.05, 3.63) is 0 Å². The van der Waals surface area contributed by atoms with Crippen molar-refractivity contribution in [1.82, 2.24) is 0 Å². The third kappa shape index (κ3) is 4.10. The molecule has 0 bridgehead atoms. The molecule has 1 aliphatic rings. The standard InChI is InChI=1S/C12H25O2PS/c1-9(2)11-7-6-10(3)8-12(11)14-15(5,16)13-4/h9-12H,6-8H2,1-5H3/t10-,11+,12-,15?/m1/s1. The predicted octanol–water partition coefficient (Wildman–Crippen LogP) is 4.05. The molecule has 1 unspecified atom stereocenters. The molecule has 0 aliphatic heterocycles. The van der Waals surface area contributed by atoms with E-state index < -0.39 is 6.49 Å². The van der Waals surface area contributed by atoms with E-state index in [-0.39, 0.29) is 0 Å². The van der Waals surface area contributed by atoms with E-state index in [0.29, 0.717) is 17.9 Å². The van der Waals surface area contributed by atoms with E-state index in [1.54, 1.807) is 7.11 Å². The molecule has 0 heterocycles. The Morgan fingerprint density at radius 1 is 1.31 bits per heavy atom. The molecule has 2 nitrogen and oxygen atoms in total. The maximum absolute atomic E-state index is 6.08. The number of hydrogen-bond acceptors (Lipinski definition) is 3. The van der Waals surface area contributed by atoms with Crippen LogP contribution in [0, 0.1) is 17.8 Å². The summed E-state index contributed by atoms with van der Waals surface area (Å²) in [6.45, 7) is 6.78. The molecule has 16 heavy (non-hydrogen) atoms. The number of hydrogen-bond donors (Lipinski definition) is 0. The monoisotopic (exact) mass is 264 g/mol.